The summed E-state index contributed by atoms with van der Waals surface area (Å²) in [4.78, 5) is 13.0. The van der Waals surface area contributed by atoms with Crippen LogP contribution in [0.2, 0.25) is 0 Å². The number of benzene rings is 1. The van der Waals surface area contributed by atoms with E-state index in [9.17, 15) is 26.4 Å². The minimum Gasteiger partial charge on any atom is -0.449 e. The second-order valence-electron chi connectivity index (χ2n) is 5.14. The van der Waals surface area contributed by atoms with Gasteiger partial charge >= 0.3 is 12.3 Å². The quantitative estimate of drug-likeness (QED) is 0.840. The molecule has 9 heteroatoms. The molecule has 0 aromatic heterocycles. The van der Waals surface area contributed by atoms with E-state index < -0.39 is 33.7 Å². The molecule has 1 aliphatic heterocycles. The number of amides is 1. The Morgan fingerprint density at radius 2 is 2.00 bits per heavy atom. The summed E-state index contributed by atoms with van der Waals surface area (Å²) in [5, 5.41) is 0. The fourth-order valence-electron chi connectivity index (χ4n) is 2.54. The normalized spacial score (nSPS) is 20.3. The monoisotopic (exact) mass is 351 g/mol. The Labute approximate surface area is 132 Å². The number of sulfone groups is 1. The van der Waals surface area contributed by atoms with Gasteiger partial charge < -0.3 is 4.74 Å². The maximum Gasteiger partial charge on any atom is 0.418 e. The van der Waals surface area contributed by atoms with E-state index in [1.165, 1.54) is 19.1 Å². The number of alkyl halides is 3. The van der Waals surface area contributed by atoms with E-state index in [-0.39, 0.29) is 30.2 Å². The van der Waals surface area contributed by atoms with Crippen LogP contribution in [0.25, 0.3) is 0 Å². The maximum atomic E-state index is 13.2. The lowest BCUT2D eigenvalue weighted by Gasteiger charge is -2.29. The summed E-state index contributed by atoms with van der Waals surface area (Å²) in [6.07, 6.45) is -5.57. The first-order valence-corrected chi connectivity index (χ1v) is 8.80. The van der Waals surface area contributed by atoms with Gasteiger partial charge in [0.2, 0.25) is 0 Å². The Morgan fingerprint density at radius 1 is 1.35 bits per heavy atom. The van der Waals surface area contributed by atoms with Crippen molar-refractivity contribution in [2.45, 2.75) is 25.6 Å². The fourth-order valence-corrected chi connectivity index (χ4v) is 4.24. The van der Waals surface area contributed by atoms with Crippen molar-refractivity contribution < 1.29 is 31.1 Å². The van der Waals surface area contributed by atoms with Gasteiger partial charge in [-0.3, -0.25) is 4.90 Å². The Hall–Kier alpha value is -1.77. The number of anilines is 1. The van der Waals surface area contributed by atoms with Crippen molar-refractivity contribution in [2.75, 3.05) is 23.0 Å². The van der Waals surface area contributed by atoms with Gasteiger partial charge in [-0.2, -0.15) is 13.2 Å². The number of para-hydroxylation sites is 1. The molecule has 0 aliphatic carbocycles. The summed E-state index contributed by atoms with van der Waals surface area (Å²) in [5.41, 5.74) is -1.39. The molecule has 128 valence electrons. The van der Waals surface area contributed by atoms with Crippen molar-refractivity contribution in [3.63, 3.8) is 0 Å². The van der Waals surface area contributed by atoms with Crippen LogP contribution in [0.5, 0.6) is 0 Å². The van der Waals surface area contributed by atoms with E-state index in [0.29, 0.717) is 0 Å². The van der Waals surface area contributed by atoms with Crippen molar-refractivity contribution in [2.24, 2.45) is 0 Å². The molecule has 1 unspecified atom stereocenters. The van der Waals surface area contributed by atoms with Gasteiger partial charge in [-0.05, 0) is 25.5 Å². The van der Waals surface area contributed by atoms with Gasteiger partial charge in [0, 0.05) is 0 Å². The molecule has 0 saturated carbocycles. The molecule has 1 aliphatic rings. The topological polar surface area (TPSA) is 63.7 Å². The number of ether oxygens (including phenoxy) is 1. The molecule has 0 N–H and O–H groups in total. The van der Waals surface area contributed by atoms with E-state index >= 15 is 0 Å². The number of nitrogens with zero attached hydrogens (tertiary/aromatic N) is 1. The minimum absolute atomic E-state index is 0.0248. The zero-order chi connectivity index (χ0) is 17.3. The Kier molecular flexibility index (Phi) is 4.88. The number of carbonyl (C=O) groups excluding carboxylic acids is 1. The van der Waals surface area contributed by atoms with Crippen LogP contribution < -0.4 is 4.90 Å². The summed E-state index contributed by atoms with van der Waals surface area (Å²) < 4.78 is 67.7. The Morgan fingerprint density at radius 3 is 2.52 bits per heavy atom. The molecule has 0 radical (unpaired) electrons. The summed E-state index contributed by atoms with van der Waals surface area (Å²) >= 11 is 0. The van der Waals surface area contributed by atoms with Crippen LogP contribution >= 0.6 is 0 Å². The van der Waals surface area contributed by atoms with Gasteiger partial charge in [-0.15, -0.1) is 0 Å². The third-order valence-corrected chi connectivity index (χ3v) is 5.26. The lowest BCUT2D eigenvalue weighted by atomic mass is 10.1. The molecule has 5 nitrogen and oxygen atoms in total. The summed E-state index contributed by atoms with van der Waals surface area (Å²) in [5.74, 6) is -0.542. The molecule has 0 spiro atoms. The molecular formula is C14H16F3NO4S. The number of rotatable bonds is 3. The first-order chi connectivity index (χ1) is 10.7. The second-order valence-corrected chi connectivity index (χ2v) is 7.37. The molecule has 1 atom stereocenters. The van der Waals surface area contributed by atoms with Crippen molar-refractivity contribution in [3.8, 4) is 0 Å². The SMILES string of the molecule is CCOC(=O)N(c1ccccc1C(F)(F)F)C1CCS(=O)(=O)C1. The van der Waals surface area contributed by atoms with Gasteiger partial charge in [0.15, 0.2) is 9.84 Å². The van der Waals surface area contributed by atoms with Gasteiger partial charge in [-0.1, -0.05) is 12.1 Å². The second kappa shape index (κ2) is 6.38. The third-order valence-electron chi connectivity index (χ3n) is 3.51. The van der Waals surface area contributed by atoms with Crippen LogP contribution in [0.4, 0.5) is 23.7 Å². The molecule has 1 aromatic carbocycles. The zero-order valence-corrected chi connectivity index (χ0v) is 13.2. The largest absolute Gasteiger partial charge is 0.449 e. The van der Waals surface area contributed by atoms with Gasteiger partial charge in [0.1, 0.15) is 0 Å². The molecule has 1 amide bonds. The fraction of sp³-hybridized carbons (Fsp3) is 0.500. The predicted octanol–water partition coefficient (Wildman–Crippen LogP) is 2.86. The van der Waals surface area contributed by atoms with Crippen molar-refractivity contribution in [1.29, 1.82) is 0 Å². The highest BCUT2D eigenvalue weighted by atomic mass is 32.2. The molecule has 2 rings (SSSR count). The lowest BCUT2D eigenvalue weighted by Crippen LogP contribution is -2.42. The van der Waals surface area contributed by atoms with Crippen molar-refractivity contribution >= 4 is 21.6 Å². The highest BCUT2D eigenvalue weighted by molar-refractivity contribution is 7.91. The number of carbonyl (C=O) groups is 1. The lowest BCUT2D eigenvalue weighted by molar-refractivity contribution is -0.137. The van der Waals surface area contributed by atoms with Crippen LogP contribution in [0.15, 0.2) is 24.3 Å². The van der Waals surface area contributed by atoms with Gasteiger partial charge in [-0.25, -0.2) is 13.2 Å². The highest BCUT2D eigenvalue weighted by Crippen LogP contribution is 2.38. The standard InChI is InChI=1S/C14H16F3NO4S/c1-2-22-13(19)18(10-7-8-23(20,21)9-10)12-6-4-3-5-11(12)14(15,16)17/h3-6,10H,2,7-9H2,1H3. The molecule has 23 heavy (non-hydrogen) atoms. The molecule has 0 bridgehead atoms. The van der Waals surface area contributed by atoms with Gasteiger partial charge in [0.05, 0.1) is 35.4 Å². The smallest absolute Gasteiger partial charge is 0.418 e. The average Bonchev–Trinajstić information content (AvgIpc) is 2.79. The van der Waals surface area contributed by atoms with E-state index in [2.05, 4.69) is 0 Å². The minimum atomic E-state index is -4.67. The maximum absolute atomic E-state index is 13.2. The number of halogens is 3. The van der Waals surface area contributed by atoms with Crippen LogP contribution in [0.1, 0.15) is 18.9 Å². The molecule has 1 saturated heterocycles. The van der Waals surface area contributed by atoms with Crippen LogP contribution in [0, 0.1) is 0 Å². The average molecular weight is 351 g/mol. The first-order valence-electron chi connectivity index (χ1n) is 6.98. The highest BCUT2D eigenvalue weighted by Gasteiger charge is 2.41. The van der Waals surface area contributed by atoms with E-state index in [1.54, 1.807) is 0 Å². The summed E-state index contributed by atoms with van der Waals surface area (Å²) in [6, 6.07) is 3.69. The van der Waals surface area contributed by atoms with Gasteiger partial charge in [0.25, 0.3) is 0 Å². The third kappa shape index (κ3) is 3.95. The summed E-state index contributed by atoms with van der Waals surface area (Å²) in [6.45, 7) is 1.50. The van der Waals surface area contributed by atoms with E-state index in [0.717, 1.165) is 17.0 Å². The van der Waals surface area contributed by atoms with E-state index in [4.69, 9.17) is 4.74 Å². The van der Waals surface area contributed by atoms with Crippen LogP contribution in [0.3, 0.4) is 0 Å². The zero-order valence-electron chi connectivity index (χ0n) is 12.3. The van der Waals surface area contributed by atoms with Crippen molar-refractivity contribution in [1.82, 2.24) is 0 Å². The Bertz CT molecular complexity index is 688. The van der Waals surface area contributed by atoms with Crippen LogP contribution in [-0.2, 0) is 20.8 Å². The van der Waals surface area contributed by atoms with Crippen LogP contribution in [-0.4, -0.2) is 38.7 Å². The Balaban J connectivity index is 2.49. The molecule has 1 fully saturated rings. The van der Waals surface area contributed by atoms with Crippen molar-refractivity contribution in [3.05, 3.63) is 29.8 Å². The molecule has 1 aromatic rings. The molecular weight excluding hydrogens is 335 g/mol. The summed E-state index contributed by atoms with van der Waals surface area (Å²) in [7, 11) is -3.38. The molecule has 1 heterocycles. The first kappa shape index (κ1) is 17.6. The number of hydrogen-bond acceptors (Lipinski definition) is 4. The predicted molar refractivity (Wildman–Crippen MR) is 78.0 cm³/mol. The van der Waals surface area contributed by atoms with E-state index in [1.807, 2.05) is 0 Å². The number of hydrogen-bond donors (Lipinski definition) is 0.